The number of aromatic nitrogens is 2. The van der Waals surface area contributed by atoms with Crippen molar-refractivity contribution in [2.24, 2.45) is 0 Å². The lowest BCUT2D eigenvalue weighted by atomic mass is 10.1. The molecule has 0 unspecified atom stereocenters. The maximum Gasteiger partial charge on any atom is 0.256 e. The van der Waals surface area contributed by atoms with Gasteiger partial charge in [-0.15, -0.1) is 11.3 Å². The van der Waals surface area contributed by atoms with Crippen LogP contribution in [0, 0.1) is 6.92 Å². The molecule has 0 saturated carbocycles. The average Bonchev–Trinajstić information content (AvgIpc) is 3.21. The molecule has 24 heavy (non-hydrogen) atoms. The Morgan fingerprint density at radius 3 is 2.83 bits per heavy atom. The number of hydrogen-bond acceptors (Lipinski definition) is 3. The van der Waals surface area contributed by atoms with Crippen molar-refractivity contribution in [3.05, 3.63) is 71.1 Å². The van der Waals surface area contributed by atoms with Crippen LogP contribution in [0.4, 0.5) is 5.00 Å². The van der Waals surface area contributed by atoms with Crippen LogP contribution >= 0.6 is 11.3 Å². The summed E-state index contributed by atoms with van der Waals surface area (Å²) in [5.74, 6) is 0.709. The maximum atomic E-state index is 12.3. The van der Waals surface area contributed by atoms with Gasteiger partial charge >= 0.3 is 0 Å². The first-order valence-corrected chi connectivity index (χ1v) is 8.49. The number of para-hydroxylation sites is 2. The highest BCUT2D eigenvalue weighted by atomic mass is 32.1. The van der Waals surface area contributed by atoms with Gasteiger partial charge in [0.15, 0.2) is 0 Å². The molecule has 118 valence electrons. The van der Waals surface area contributed by atoms with E-state index in [0.29, 0.717) is 5.56 Å². The van der Waals surface area contributed by atoms with Crippen LogP contribution in [-0.2, 0) is 0 Å². The molecule has 0 aliphatic carbocycles. The number of carbonyl (C=O) groups is 1. The van der Waals surface area contributed by atoms with E-state index in [1.807, 2.05) is 66.9 Å². The van der Waals surface area contributed by atoms with Gasteiger partial charge in [-0.2, -0.15) is 0 Å². The monoisotopic (exact) mass is 333 g/mol. The predicted octanol–water partition coefficient (Wildman–Crippen LogP) is 4.85. The van der Waals surface area contributed by atoms with E-state index in [2.05, 4.69) is 15.3 Å². The lowest BCUT2D eigenvalue weighted by molar-refractivity contribution is 0.102. The van der Waals surface area contributed by atoms with E-state index in [4.69, 9.17) is 0 Å². The number of nitrogens with one attached hydrogen (secondary N) is 2. The Morgan fingerprint density at radius 2 is 2.00 bits per heavy atom. The Hall–Kier alpha value is -2.92. The Morgan fingerprint density at radius 1 is 1.12 bits per heavy atom. The molecular weight excluding hydrogens is 318 g/mol. The summed E-state index contributed by atoms with van der Waals surface area (Å²) in [6, 6.07) is 17.4. The van der Waals surface area contributed by atoms with Crippen molar-refractivity contribution in [3.63, 3.8) is 0 Å². The second-order valence-corrected chi connectivity index (χ2v) is 6.54. The molecule has 0 bridgehead atoms. The zero-order valence-electron chi connectivity index (χ0n) is 13.0. The molecule has 4 rings (SSSR count). The zero-order valence-corrected chi connectivity index (χ0v) is 13.9. The largest absolute Gasteiger partial charge is 0.338 e. The van der Waals surface area contributed by atoms with E-state index in [1.165, 1.54) is 11.3 Å². The van der Waals surface area contributed by atoms with Gasteiger partial charge in [-0.1, -0.05) is 29.8 Å². The normalized spacial score (nSPS) is 10.9. The first-order chi connectivity index (χ1) is 11.7. The minimum Gasteiger partial charge on any atom is -0.338 e. The Bertz CT molecular complexity index is 999. The van der Waals surface area contributed by atoms with Crippen molar-refractivity contribution in [2.75, 3.05) is 5.32 Å². The van der Waals surface area contributed by atoms with E-state index in [9.17, 15) is 4.79 Å². The van der Waals surface area contributed by atoms with Crippen LogP contribution in [-0.4, -0.2) is 15.9 Å². The van der Waals surface area contributed by atoms with Gasteiger partial charge in [0.05, 0.1) is 16.0 Å². The van der Waals surface area contributed by atoms with Gasteiger partial charge in [-0.05, 0) is 37.3 Å². The Labute approximate surface area is 143 Å². The van der Waals surface area contributed by atoms with Crippen LogP contribution in [0.1, 0.15) is 15.9 Å². The molecule has 0 aliphatic rings. The fourth-order valence-corrected chi connectivity index (χ4v) is 3.37. The van der Waals surface area contributed by atoms with Crippen molar-refractivity contribution in [2.45, 2.75) is 6.92 Å². The van der Waals surface area contributed by atoms with Gasteiger partial charge < -0.3 is 10.3 Å². The third-order valence-corrected chi connectivity index (χ3v) is 4.62. The highest BCUT2D eigenvalue weighted by molar-refractivity contribution is 7.14. The summed E-state index contributed by atoms with van der Waals surface area (Å²) >= 11 is 1.49. The SMILES string of the molecule is Cc1cccc(C(=O)Nc2cc(-c3nc4ccccc4[nH]3)cs2)c1. The standard InChI is InChI=1S/C19H15N3OS/c1-12-5-4-6-13(9-12)19(23)22-17-10-14(11-24-17)18-20-15-7-2-3-8-16(15)21-18/h2-11H,1H3,(H,20,21)(H,22,23). The first-order valence-electron chi connectivity index (χ1n) is 7.61. The van der Waals surface area contributed by atoms with Gasteiger partial charge in [0.25, 0.3) is 5.91 Å². The lowest BCUT2D eigenvalue weighted by Gasteiger charge is -2.03. The summed E-state index contributed by atoms with van der Waals surface area (Å²) < 4.78 is 0. The van der Waals surface area contributed by atoms with Gasteiger partial charge in [0, 0.05) is 16.5 Å². The maximum absolute atomic E-state index is 12.3. The van der Waals surface area contributed by atoms with E-state index < -0.39 is 0 Å². The molecule has 0 fully saturated rings. The van der Waals surface area contributed by atoms with Crippen molar-refractivity contribution >= 4 is 33.3 Å². The molecule has 2 aromatic carbocycles. The molecule has 2 N–H and O–H groups in total. The third kappa shape index (κ3) is 2.81. The average molecular weight is 333 g/mol. The number of fused-ring (bicyclic) bond motifs is 1. The van der Waals surface area contributed by atoms with Crippen LogP contribution in [0.2, 0.25) is 0 Å². The van der Waals surface area contributed by atoms with Gasteiger partial charge in [-0.3, -0.25) is 4.79 Å². The minimum atomic E-state index is -0.100. The lowest BCUT2D eigenvalue weighted by Crippen LogP contribution is -2.10. The van der Waals surface area contributed by atoms with Crippen LogP contribution in [0.3, 0.4) is 0 Å². The Kier molecular flexibility index (Phi) is 3.63. The highest BCUT2D eigenvalue weighted by Crippen LogP contribution is 2.29. The highest BCUT2D eigenvalue weighted by Gasteiger charge is 2.11. The number of aromatic amines is 1. The van der Waals surface area contributed by atoms with E-state index >= 15 is 0 Å². The number of H-pyrrole nitrogens is 1. The smallest absolute Gasteiger partial charge is 0.256 e. The van der Waals surface area contributed by atoms with Crippen LogP contribution in [0.15, 0.2) is 60.0 Å². The van der Waals surface area contributed by atoms with Crippen molar-refractivity contribution in [3.8, 4) is 11.4 Å². The fraction of sp³-hybridized carbons (Fsp3) is 0.0526. The number of carbonyl (C=O) groups excluding carboxylic acids is 1. The molecule has 0 atom stereocenters. The van der Waals surface area contributed by atoms with Gasteiger partial charge in [0.2, 0.25) is 0 Å². The summed E-state index contributed by atoms with van der Waals surface area (Å²) in [6.45, 7) is 1.97. The van der Waals surface area contributed by atoms with E-state index in [1.54, 1.807) is 0 Å². The van der Waals surface area contributed by atoms with Crippen molar-refractivity contribution in [1.29, 1.82) is 0 Å². The number of aryl methyl sites for hydroxylation is 1. The van der Waals surface area contributed by atoms with E-state index in [-0.39, 0.29) is 5.91 Å². The Balaban J connectivity index is 1.57. The number of amides is 1. The summed E-state index contributed by atoms with van der Waals surface area (Å²) in [6.07, 6.45) is 0. The number of hydrogen-bond donors (Lipinski definition) is 2. The summed E-state index contributed by atoms with van der Waals surface area (Å²) in [7, 11) is 0. The second kappa shape index (κ2) is 5.94. The zero-order chi connectivity index (χ0) is 16.5. The summed E-state index contributed by atoms with van der Waals surface area (Å²) in [4.78, 5) is 20.2. The number of thiophene rings is 1. The molecule has 4 aromatic rings. The number of nitrogens with zero attached hydrogens (tertiary/aromatic N) is 1. The van der Waals surface area contributed by atoms with Gasteiger partial charge in [-0.25, -0.2) is 4.98 Å². The molecule has 0 saturated heterocycles. The molecular formula is C19H15N3OS. The number of benzene rings is 2. The topological polar surface area (TPSA) is 57.8 Å². The third-order valence-electron chi connectivity index (χ3n) is 3.78. The fourth-order valence-electron chi connectivity index (χ4n) is 2.59. The van der Waals surface area contributed by atoms with Crippen LogP contribution < -0.4 is 5.32 Å². The molecule has 1 amide bonds. The number of anilines is 1. The summed E-state index contributed by atoms with van der Waals surface area (Å²) in [5, 5.41) is 5.74. The molecule has 0 spiro atoms. The van der Waals surface area contributed by atoms with Crippen molar-refractivity contribution < 1.29 is 4.79 Å². The minimum absolute atomic E-state index is 0.100. The molecule has 0 aliphatic heterocycles. The van der Waals surface area contributed by atoms with Crippen LogP contribution in [0.25, 0.3) is 22.4 Å². The first kappa shape index (κ1) is 14.7. The molecule has 2 heterocycles. The van der Waals surface area contributed by atoms with Gasteiger partial charge in [0.1, 0.15) is 5.82 Å². The quantitative estimate of drug-likeness (QED) is 0.563. The molecule has 2 aromatic heterocycles. The van der Waals surface area contributed by atoms with Crippen molar-refractivity contribution in [1.82, 2.24) is 9.97 Å². The summed E-state index contributed by atoms with van der Waals surface area (Å²) in [5.41, 5.74) is 4.63. The molecule has 4 nitrogen and oxygen atoms in total. The van der Waals surface area contributed by atoms with Crippen LogP contribution in [0.5, 0.6) is 0 Å². The molecule has 0 radical (unpaired) electrons. The second-order valence-electron chi connectivity index (χ2n) is 5.63. The predicted molar refractivity (Wildman–Crippen MR) is 98.5 cm³/mol. The molecule has 5 heteroatoms. The number of rotatable bonds is 3. The number of imidazole rings is 1. The van der Waals surface area contributed by atoms with E-state index in [0.717, 1.165) is 33.0 Å².